The number of nitrogens with zero attached hydrogens (tertiary/aromatic N) is 1. The second-order valence-electron chi connectivity index (χ2n) is 13.3. The zero-order valence-electron chi connectivity index (χ0n) is 26.6. The van der Waals surface area contributed by atoms with Gasteiger partial charge in [-0.05, 0) is 97.4 Å². The Bertz CT molecular complexity index is 2680. The zero-order valence-corrected chi connectivity index (χ0v) is 27.4. The Morgan fingerprint density at radius 2 is 0.878 bits per heavy atom. The molecule has 0 bridgehead atoms. The molecule has 2 aliphatic carbocycles. The van der Waals surface area contributed by atoms with Gasteiger partial charge >= 0.3 is 0 Å². The van der Waals surface area contributed by atoms with Gasteiger partial charge in [-0.25, -0.2) is 0 Å². The van der Waals surface area contributed by atoms with Crippen LogP contribution in [0.3, 0.4) is 0 Å². The molecular formula is C47H29NS. The molecule has 1 heterocycles. The molecule has 1 aromatic heterocycles. The first-order valence-electron chi connectivity index (χ1n) is 16.9. The fourth-order valence-corrected chi connectivity index (χ4v) is 10.2. The molecular weight excluding hydrogens is 611 g/mol. The molecule has 2 heteroatoms. The first kappa shape index (κ1) is 27.0. The van der Waals surface area contributed by atoms with Crippen LogP contribution in [-0.4, -0.2) is 0 Å². The average molecular weight is 640 g/mol. The van der Waals surface area contributed by atoms with Gasteiger partial charge in [0.05, 0.1) is 5.41 Å². The number of hydrogen-bond donors (Lipinski definition) is 0. The highest BCUT2D eigenvalue weighted by atomic mass is 32.1. The number of hydrogen-bond acceptors (Lipinski definition) is 2. The van der Waals surface area contributed by atoms with E-state index in [9.17, 15) is 0 Å². The van der Waals surface area contributed by atoms with Crippen LogP contribution in [0.15, 0.2) is 176 Å². The Balaban J connectivity index is 1.21. The molecule has 0 atom stereocenters. The number of benzene rings is 8. The van der Waals surface area contributed by atoms with Gasteiger partial charge < -0.3 is 4.90 Å². The molecule has 228 valence electrons. The standard InChI is InChI=1S/C47H29NS/c1-3-13-32-27-34(23-21-30(32)11-1)48(35-24-22-31-12-2-4-14-33(31)28-35)36-25-26-43-40(29-36)45-39-17-7-10-20-44(39)49-46(45)47(43)41-18-8-5-15-37(41)38-16-6-9-19-42(38)47/h1-29H. The molecule has 9 aromatic rings. The molecule has 0 saturated heterocycles. The Kier molecular flexibility index (Phi) is 5.53. The van der Waals surface area contributed by atoms with Gasteiger partial charge in [-0.1, -0.05) is 133 Å². The summed E-state index contributed by atoms with van der Waals surface area (Å²) >= 11 is 1.96. The van der Waals surface area contributed by atoms with E-state index in [-0.39, 0.29) is 5.41 Å². The molecule has 0 aliphatic heterocycles. The largest absolute Gasteiger partial charge is 0.310 e. The summed E-state index contributed by atoms with van der Waals surface area (Å²) in [5.74, 6) is 0. The van der Waals surface area contributed by atoms with Gasteiger partial charge in [0.1, 0.15) is 0 Å². The summed E-state index contributed by atoms with van der Waals surface area (Å²) in [4.78, 5) is 3.87. The summed E-state index contributed by atoms with van der Waals surface area (Å²) in [5, 5.41) is 6.29. The maximum atomic E-state index is 2.47. The lowest BCUT2D eigenvalue weighted by molar-refractivity contribution is 0.811. The van der Waals surface area contributed by atoms with Gasteiger partial charge in [0.25, 0.3) is 0 Å². The predicted molar refractivity (Wildman–Crippen MR) is 208 cm³/mol. The Hall–Kier alpha value is -5.96. The summed E-state index contributed by atoms with van der Waals surface area (Å²) in [7, 11) is 0. The minimum absolute atomic E-state index is 0.350. The maximum absolute atomic E-state index is 2.47. The second-order valence-corrected chi connectivity index (χ2v) is 14.3. The van der Waals surface area contributed by atoms with Crippen molar-refractivity contribution >= 4 is 60.0 Å². The van der Waals surface area contributed by atoms with E-state index in [0.29, 0.717) is 0 Å². The van der Waals surface area contributed by atoms with Crippen molar-refractivity contribution < 1.29 is 0 Å². The lowest BCUT2D eigenvalue weighted by Gasteiger charge is -2.30. The van der Waals surface area contributed by atoms with Gasteiger partial charge in [0.15, 0.2) is 0 Å². The van der Waals surface area contributed by atoms with Gasteiger partial charge in [-0.3, -0.25) is 0 Å². The summed E-state index contributed by atoms with van der Waals surface area (Å²) in [6, 6.07) is 65.3. The van der Waals surface area contributed by atoms with Gasteiger partial charge in [0.2, 0.25) is 0 Å². The predicted octanol–water partition coefficient (Wildman–Crippen LogP) is 13.0. The van der Waals surface area contributed by atoms with Gasteiger partial charge in [-0.2, -0.15) is 0 Å². The van der Waals surface area contributed by atoms with Crippen molar-refractivity contribution in [2.45, 2.75) is 5.41 Å². The summed E-state index contributed by atoms with van der Waals surface area (Å²) in [6.45, 7) is 0. The van der Waals surface area contributed by atoms with E-state index in [2.05, 4.69) is 181 Å². The van der Waals surface area contributed by atoms with E-state index in [1.807, 2.05) is 11.3 Å². The maximum Gasteiger partial charge on any atom is 0.0819 e. The highest BCUT2D eigenvalue weighted by Gasteiger charge is 2.53. The van der Waals surface area contributed by atoms with E-state index in [4.69, 9.17) is 0 Å². The average Bonchev–Trinajstić information content (AvgIpc) is 3.78. The topological polar surface area (TPSA) is 3.24 Å². The highest BCUT2D eigenvalue weighted by molar-refractivity contribution is 7.20. The highest BCUT2D eigenvalue weighted by Crippen LogP contribution is 2.66. The van der Waals surface area contributed by atoms with Crippen LogP contribution in [0.4, 0.5) is 17.1 Å². The van der Waals surface area contributed by atoms with Crippen LogP contribution in [0.5, 0.6) is 0 Å². The molecule has 11 rings (SSSR count). The normalized spacial score (nSPS) is 13.5. The van der Waals surface area contributed by atoms with E-state index in [1.54, 1.807) is 0 Å². The third-order valence-corrected chi connectivity index (χ3v) is 12.1. The second kappa shape index (κ2) is 10.0. The van der Waals surface area contributed by atoms with Crippen molar-refractivity contribution in [3.8, 4) is 22.3 Å². The molecule has 1 spiro atoms. The number of fused-ring (bicyclic) bond motifs is 14. The molecule has 0 unspecified atom stereocenters. The number of thiophene rings is 1. The van der Waals surface area contributed by atoms with Crippen molar-refractivity contribution in [2.75, 3.05) is 4.90 Å². The minimum atomic E-state index is -0.350. The molecule has 2 aliphatic rings. The summed E-state index contributed by atoms with van der Waals surface area (Å²) in [6.07, 6.45) is 0. The van der Waals surface area contributed by atoms with Crippen molar-refractivity contribution in [3.63, 3.8) is 0 Å². The van der Waals surface area contributed by atoms with Crippen molar-refractivity contribution in [1.82, 2.24) is 0 Å². The van der Waals surface area contributed by atoms with Crippen LogP contribution in [-0.2, 0) is 5.41 Å². The number of anilines is 3. The Labute approximate surface area is 289 Å². The van der Waals surface area contributed by atoms with Crippen molar-refractivity contribution in [1.29, 1.82) is 0 Å². The fourth-order valence-electron chi connectivity index (χ4n) is 8.75. The molecule has 0 N–H and O–H groups in total. The summed E-state index contributed by atoms with van der Waals surface area (Å²) < 4.78 is 1.34. The molecule has 0 saturated carbocycles. The van der Waals surface area contributed by atoms with Crippen LogP contribution in [0.1, 0.15) is 21.6 Å². The van der Waals surface area contributed by atoms with E-state index in [1.165, 1.54) is 75.5 Å². The first-order valence-corrected chi connectivity index (χ1v) is 17.7. The monoisotopic (exact) mass is 639 g/mol. The Morgan fingerprint density at radius 3 is 1.53 bits per heavy atom. The lowest BCUT2D eigenvalue weighted by Crippen LogP contribution is -2.25. The SMILES string of the molecule is c1ccc2c(c1)-c1ccccc1C21c2ccc(N(c3ccc4ccccc4c3)c3ccc4ccccc4c3)cc2-c2c1sc1ccccc21. The minimum Gasteiger partial charge on any atom is -0.310 e. The van der Waals surface area contributed by atoms with Crippen LogP contribution in [0.2, 0.25) is 0 Å². The molecule has 0 fully saturated rings. The van der Waals surface area contributed by atoms with Crippen LogP contribution >= 0.6 is 11.3 Å². The molecule has 0 radical (unpaired) electrons. The lowest BCUT2D eigenvalue weighted by atomic mass is 9.74. The van der Waals surface area contributed by atoms with E-state index in [0.717, 1.165) is 17.1 Å². The van der Waals surface area contributed by atoms with Crippen LogP contribution in [0, 0.1) is 0 Å². The Morgan fingerprint density at radius 1 is 0.388 bits per heavy atom. The van der Waals surface area contributed by atoms with Gasteiger partial charge in [0, 0.05) is 37.6 Å². The molecule has 1 nitrogen and oxygen atoms in total. The van der Waals surface area contributed by atoms with Crippen LogP contribution < -0.4 is 4.90 Å². The molecule has 8 aromatic carbocycles. The third kappa shape index (κ3) is 3.64. The van der Waals surface area contributed by atoms with Crippen LogP contribution in [0.25, 0.3) is 53.9 Å². The first-order chi connectivity index (χ1) is 24.3. The summed E-state index contributed by atoms with van der Waals surface area (Å²) in [5.41, 5.74) is 12.6. The van der Waals surface area contributed by atoms with Crippen molar-refractivity contribution in [2.24, 2.45) is 0 Å². The van der Waals surface area contributed by atoms with Crippen molar-refractivity contribution in [3.05, 3.63) is 197 Å². The number of rotatable bonds is 3. The smallest absolute Gasteiger partial charge is 0.0819 e. The molecule has 49 heavy (non-hydrogen) atoms. The third-order valence-electron chi connectivity index (χ3n) is 10.8. The van der Waals surface area contributed by atoms with E-state index >= 15 is 0 Å². The molecule has 0 amide bonds. The zero-order chi connectivity index (χ0) is 32.1. The van der Waals surface area contributed by atoms with E-state index < -0.39 is 0 Å². The van der Waals surface area contributed by atoms with Gasteiger partial charge in [-0.15, -0.1) is 11.3 Å². The fraction of sp³-hybridized carbons (Fsp3) is 0.0213. The quantitative estimate of drug-likeness (QED) is 0.186.